The number of carbonyl (C=O) groups is 1. The van der Waals surface area contributed by atoms with E-state index in [0.29, 0.717) is 18.0 Å². The van der Waals surface area contributed by atoms with Gasteiger partial charge in [0.1, 0.15) is 5.69 Å². The highest BCUT2D eigenvalue weighted by Crippen LogP contribution is 2.30. The van der Waals surface area contributed by atoms with Crippen molar-refractivity contribution in [2.24, 2.45) is 0 Å². The Morgan fingerprint density at radius 3 is 2.65 bits per heavy atom. The molecule has 0 atom stereocenters. The van der Waals surface area contributed by atoms with E-state index in [2.05, 4.69) is 4.98 Å². The van der Waals surface area contributed by atoms with Crippen molar-refractivity contribution in [2.45, 2.75) is 25.7 Å². The van der Waals surface area contributed by atoms with Crippen LogP contribution in [-0.2, 0) is 6.42 Å². The van der Waals surface area contributed by atoms with E-state index in [1.165, 1.54) is 0 Å². The first-order valence-electron chi connectivity index (χ1n) is 5.92. The van der Waals surface area contributed by atoms with Gasteiger partial charge < -0.3 is 9.64 Å². The summed E-state index contributed by atoms with van der Waals surface area (Å²) in [5.74, 6) is 0.655. The first-order valence-corrected chi connectivity index (χ1v) is 5.92. The Bertz CT molecular complexity index is 441. The van der Waals surface area contributed by atoms with E-state index in [1.807, 2.05) is 25.1 Å². The molecule has 1 aromatic heterocycles. The Labute approximate surface area is 102 Å². The van der Waals surface area contributed by atoms with Gasteiger partial charge >= 0.3 is 0 Å². The lowest BCUT2D eigenvalue weighted by atomic mass is 10.1. The van der Waals surface area contributed by atoms with Crippen LogP contribution >= 0.6 is 0 Å². The standard InChI is InChI=1S/C13H18N2O2/c1-15(2)10-8-12(17-3)14-13-9(10)6-4-5-7-11(13)16/h8H,4-7H2,1-3H3. The predicted molar refractivity (Wildman–Crippen MR) is 67.0 cm³/mol. The van der Waals surface area contributed by atoms with Crippen molar-refractivity contribution in [3.63, 3.8) is 0 Å². The number of ether oxygens (including phenoxy) is 1. The van der Waals surface area contributed by atoms with Crippen LogP contribution in [0.15, 0.2) is 6.07 Å². The molecule has 4 heteroatoms. The largest absolute Gasteiger partial charge is 0.481 e. The van der Waals surface area contributed by atoms with Crippen LogP contribution in [-0.4, -0.2) is 32.0 Å². The molecule has 1 aliphatic carbocycles. The van der Waals surface area contributed by atoms with E-state index >= 15 is 0 Å². The average Bonchev–Trinajstić information content (AvgIpc) is 2.50. The van der Waals surface area contributed by atoms with E-state index in [0.717, 1.165) is 30.5 Å². The molecule has 1 aliphatic rings. The molecule has 0 saturated carbocycles. The lowest BCUT2D eigenvalue weighted by Crippen LogP contribution is -2.15. The lowest BCUT2D eigenvalue weighted by Gasteiger charge is -2.19. The summed E-state index contributed by atoms with van der Waals surface area (Å²) < 4.78 is 5.17. The molecule has 92 valence electrons. The summed E-state index contributed by atoms with van der Waals surface area (Å²) in [6, 6.07) is 1.90. The lowest BCUT2D eigenvalue weighted by molar-refractivity contribution is 0.0976. The minimum absolute atomic E-state index is 0.138. The minimum atomic E-state index is 0.138. The van der Waals surface area contributed by atoms with Gasteiger partial charge in [-0.25, -0.2) is 4.98 Å². The van der Waals surface area contributed by atoms with E-state index in [-0.39, 0.29) is 5.78 Å². The Kier molecular flexibility index (Phi) is 3.31. The summed E-state index contributed by atoms with van der Waals surface area (Å²) in [4.78, 5) is 18.3. The molecule has 1 heterocycles. The Balaban J connectivity index is 2.60. The SMILES string of the molecule is COc1cc(N(C)C)c2c(n1)C(=O)CCCC2. The van der Waals surface area contributed by atoms with Crippen molar-refractivity contribution < 1.29 is 9.53 Å². The zero-order valence-electron chi connectivity index (χ0n) is 10.6. The number of carbonyl (C=O) groups excluding carboxylic acids is 1. The Morgan fingerprint density at radius 1 is 1.29 bits per heavy atom. The summed E-state index contributed by atoms with van der Waals surface area (Å²) in [7, 11) is 5.53. The van der Waals surface area contributed by atoms with Crippen molar-refractivity contribution in [2.75, 3.05) is 26.1 Å². The van der Waals surface area contributed by atoms with Crippen LogP contribution in [0.5, 0.6) is 5.88 Å². The molecular weight excluding hydrogens is 216 g/mol. The number of Topliss-reactive ketones (excluding diaryl/α,β-unsaturated/α-hetero) is 1. The molecule has 0 fully saturated rings. The second-order valence-electron chi connectivity index (χ2n) is 4.54. The molecule has 0 spiro atoms. The van der Waals surface area contributed by atoms with Crippen molar-refractivity contribution in [1.29, 1.82) is 0 Å². The van der Waals surface area contributed by atoms with Gasteiger partial charge in [-0.15, -0.1) is 0 Å². The maximum absolute atomic E-state index is 12.0. The van der Waals surface area contributed by atoms with Gasteiger partial charge in [0.25, 0.3) is 0 Å². The third-order valence-electron chi connectivity index (χ3n) is 3.11. The number of methoxy groups -OCH3 is 1. The van der Waals surface area contributed by atoms with Crippen LogP contribution in [0.4, 0.5) is 5.69 Å². The van der Waals surface area contributed by atoms with Crippen molar-refractivity contribution in [3.05, 3.63) is 17.3 Å². The number of ketones is 1. The average molecular weight is 234 g/mol. The fourth-order valence-electron chi connectivity index (χ4n) is 2.22. The maximum Gasteiger partial charge on any atom is 0.215 e. The van der Waals surface area contributed by atoms with Crippen molar-refractivity contribution in [1.82, 2.24) is 4.98 Å². The minimum Gasteiger partial charge on any atom is -0.481 e. The number of hydrogen-bond donors (Lipinski definition) is 0. The molecule has 0 radical (unpaired) electrons. The normalized spacial score (nSPS) is 15.1. The summed E-state index contributed by atoms with van der Waals surface area (Å²) in [6.07, 6.45) is 3.52. The van der Waals surface area contributed by atoms with E-state index in [1.54, 1.807) is 7.11 Å². The van der Waals surface area contributed by atoms with Crippen LogP contribution in [0.25, 0.3) is 0 Å². The third kappa shape index (κ3) is 2.25. The number of nitrogens with zero attached hydrogens (tertiary/aromatic N) is 2. The highest BCUT2D eigenvalue weighted by molar-refractivity contribution is 5.97. The number of pyridine rings is 1. The molecule has 4 nitrogen and oxygen atoms in total. The van der Waals surface area contributed by atoms with Crippen LogP contribution in [0.2, 0.25) is 0 Å². The van der Waals surface area contributed by atoms with Crippen LogP contribution in [0.3, 0.4) is 0 Å². The molecule has 0 bridgehead atoms. The third-order valence-corrected chi connectivity index (χ3v) is 3.11. The van der Waals surface area contributed by atoms with Crippen LogP contribution < -0.4 is 9.64 Å². The molecule has 1 aromatic rings. The summed E-state index contributed by atoms with van der Waals surface area (Å²) in [5.41, 5.74) is 2.71. The molecule has 0 unspecified atom stereocenters. The van der Waals surface area contributed by atoms with Gasteiger partial charge in [0.05, 0.1) is 7.11 Å². The van der Waals surface area contributed by atoms with Crippen LogP contribution in [0.1, 0.15) is 35.3 Å². The number of fused-ring (bicyclic) bond motifs is 1. The Morgan fingerprint density at radius 2 is 2.00 bits per heavy atom. The predicted octanol–water partition coefficient (Wildman–Crippen LogP) is 2.07. The molecule has 0 amide bonds. The molecule has 0 aliphatic heterocycles. The number of hydrogen-bond acceptors (Lipinski definition) is 4. The fraction of sp³-hybridized carbons (Fsp3) is 0.538. The zero-order valence-corrected chi connectivity index (χ0v) is 10.6. The van der Waals surface area contributed by atoms with Crippen LogP contribution in [0, 0.1) is 0 Å². The van der Waals surface area contributed by atoms with E-state index < -0.39 is 0 Å². The van der Waals surface area contributed by atoms with Gasteiger partial charge in [0, 0.05) is 37.8 Å². The second kappa shape index (κ2) is 4.73. The van der Waals surface area contributed by atoms with E-state index in [4.69, 9.17) is 4.74 Å². The molecule has 0 N–H and O–H groups in total. The summed E-state index contributed by atoms with van der Waals surface area (Å²) in [6.45, 7) is 0. The van der Waals surface area contributed by atoms with Crippen molar-refractivity contribution >= 4 is 11.5 Å². The van der Waals surface area contributed by atoms with E-state index in [9.17, 15) is 4.79 Å². The molecule has 17 heavy (non-hydrogen) atoms. The van der Waals surface area contributed by atoms with Gasteiger partial charge in [-0.05, 0) is 19.3 Å². The van der Waals surface area contributed by atoms with Gasteiger partial charge in [0.15, 0.2) is 5.78 Å². The van der Waals surface area contributed by atoms with Gasteiger partial charge in [0.2, 0.25) is 5.88 Å². The number of anilines is 1. The quantitative estimate of drug-likeness (QED) is 0.735. The second-order valence-corrected chi connectivity index (χ2v) is 4.54. The van der Waals surface area contributed by atoms with Gasteiger partial charge in [-0.1, -0.05) is 0 Å². The summed E-state index contributed by atoms with van der Waals surface area (Å²) in [5, 5.41) is 0. The first kappa shape index (κ1) is 11.9. The van der Waals surface area contributed by atoms with Gasteiger partial charge in [-0.3, -0.25) is 4.79 Å². The van der Waals surface area contributed by atoms with Gasteiger partial charge in [-0.2, -0.15) is 0 Å². The molecule has 0 saturated heterocycles. The smallest absolute Gasteiger partial charge is 0.215 e. The zero-order chi connectivity index (χ0) is 12.4. The highest BCUT2D eigenvalue weighted by atomic mass is 16.5. The summed E-state index contributed by atoms with van der Waals surface area (Å²) >= 11 is 0. The van der Waals surface area contributed by atoms with Crippen molar-refractivity contribution in [3.8, 4) is 5.88 Å². The highest BCUT2D eigenvalue weighted by Gasteiger charge is 2.22. The monoisotopic (exact) mass is 234 g/mol. The first-order chi connectivity index (χ1) is 8.13. The fourth-order valence-corrected chi connectivity index (χ4v) is 2.22. The number of rotatable bonds is 2. The topological polar surface area (TPSA) is 42.4 Å². The number of aromatic nitrogens is 1. The Hall–Kier alpha value is -1.58. The molecular formula is C13H18N2O2. The molecule has 0 aromatic carbocycles. The maximum atomic E-state index is 12.0. The molecule has 2 rings (SSSR count).